The molecule has 4 rings (SSSR count). The molecule has 1 aromatic carbocycles. The minimum Gasteiger partial charge on any atom is -0.384 e. The maximum Gasteiger partial charge on any atom is 0.258 e. The third-order valence-corrected chi connectivity index (χ3v) is 3.85. The van der Waals surface area contributed by atoms with E-state index in [2.05, 4.69) is 20.2 Å². The second-order valence-corrected chi connectivity index (χ2v) is 5.52. The zero-order valence-corrected chi connectivity index (χ0v) is 12.9. The number of nitrogens with two attached hydrogens (primary N) is 1. The largest absolute Gasteiger partial charge is 0.384 e. The number of rotatable bonds is 2. The molecule has 23 heavy (non-hydrogen) atoms. The molecule has 0 spiro atoms. The van der Waals surface area contributed by atoms with Crippen LogP contribution in [0.1, 0.15) is 0 Å². The van der Waals surface area contributed by atoms with Crippen molar-refractivity contribution in [2.24, 2.45) is 0 Å². The highest BCUT2D eigenvalue weighted by Crippen LogP contribution is 2.30. The van der Waals surface area contributed by atoms with Crippen LogP contribution in [0, 0.1) is 0 Å². The van der Waals surface area contributed by atoms with E-state index in [0.717, 1.165) is 11.1 Å². The number of hydrogen-bond acceptors (Lipinski definition) is 6. The quantitative estimate of drug-likeness (QED) is 0.610. The Morgan fingerprint density at radius 3 is 2.87 bits per heavy atom. The number of hydrogen-bond donors (Lipinski definition) is 1. The summed E-state index contributed by atoms with van der Waals surface area (Å²) in [6.45, 7) is 0. The summed E-state index contributed by atoms with van der Waals surface area (Å²) in [5.74, 6) is 1.59. The van der Waals surface area contributed by atoms with Crippen molar-refractivity contribution in [3.8, 4) is 0 Å². The second-order valence-electron chi connectivity index (χ2n) is 5.08. The standard InChI is InChI=1S/C15H12ClN7/c1-22(10-4-2-3-9(16)7-10)13-11-5-6-12(17)19-14(11)23-8-18-21-15(23)20-13/h2-8H,1H3,(H2,17,19). The van der Waals surface area contributed by atoms with Crippen LogP contribution in [0.15, 0.2) is 42.7 Å². The average Bonchev–Trinajstić information content (AvgIpc) is 3.02. The summed E-state index contributed by atoms with van der Waals surface area (Å²) >= 11 is 6.09. The SMILES string of the molecule is CN(c1cccc(Cl)c1)c1nc2nncn2c2nc(N)ccc12. The van der Waals surface area contributed by atoms with Gasteiger partial charge in [-0.05, 0) is 30.3 Å². The first kappa shape index (κ1) is 13.7. The van der Waals surface area contributed by atoms with Crippen LogP contribution in [0.4, 0.5) is 17.3 Å². The molecular weight excluding hydrogens is 314 g/mol. The van der Waals surface area contributed by atoms with E-state index in [9.17, 15) is 0 Å². The summed E-state index contributed by atoms with van der Waals surface area (Å²) in [5, 5.41) is 9.42. The molecule has 2 N–H and O–H groups in total. The highest BCUT2D eigenvalue weighted by Gasteiger charge is 2.15. The molecule has 114 valence electrons. The van der Waals surface area contributed by atoms with Crippen LogP contribution in [-0.2, 0) is 0 Å². The van der Waals surface area contributed by atoms with Gasteiger partial charge in [-0.1, -0.05) is 17.7 Å². The Balaban J connectivity index is 2.01. The van der Waals surface area contributed by atoms with Crippen molar-refractivity contribution in [3.63, 3.8) is 0 Å². The smallest absolute Gasteiger partial charge is 0.258 e. The predicted molar refractivity (Wildman–Crippen MR) is 90.0 cm³/mol. The highest BCUT2D eigenvalue weighted by molar-refractivity contribution is 6.30. The van der Waals surface area contributed by atoms with Gasteiger partial charge in [-0.25, -0.2) is 9.38 Å². The Morgan fingerprint density at radius 2 is 2.04 bits per heavy atom. The lowest BCUT2D eigenvalue weighted by atomic mass is 10.2. The van der Waals surface area contributed by atoms with E-state index in [-0.39, 0.29) is 0 Å². The lowest BCUT2D eigenvalue weighted by molar-refractivity contribution is 1.08. The van der Waals surface area contributed by atoms with Crippen LogP contribution < -0.4 is 10.6 Å². The van der Waals surface area contributed by atoms with Crippen LogP contribution >= 0.6 is 11.6 Å². The fourth-order valence-electron chi connectivity index (χ4n) is 2.49. The maximum atomic E-state index is 6.09. The Bertz CT molecular complexity index is 1030. The van der Waals surface area contributed by atoms with Crippen molar-refractivity contribution >= 4 is 45.7 Å². The summed E-state index contributed by atoms with van der Waals surface area (Å²) < 4.78 is 1.71. The number of anilines is 3. The average molecular weight is 326 g/mol. The molecule has 8 heteroatoms. The Kier molecular flexibility index (Phi) is 3.02. The van der Waals surface area contributed by atoms with E-state index < -0.39 is 0 Å². The molecule has 0 aliphatic carbocycles. The predicted octanol–water partition coefficient (Wildman–Crippen LogP) is 2.68. The summed E-state index contributed by atoms with van der Waals surface area (Å²) in [4.78, 5) is 10.9. The molecule has 0 saturated carbocycles. The lowest BCUT2D eigenvalue weighted by Gasteiger charge is -2.20. The van der Waals surface area contributed by atoms with Crippen molar-refractivity contribution < 1.29 is 0 Å². The molecule has 0 amide bonds. The summed E-state index contributed by atoms with van der Waals surface area (Å²) in [5.41, 5.74) is 7.39. The molecule has 0 aliphatic rings. The number of benzene rings is 1. The van der Waals surface area contributed by atoms with Crippen LogP contribution in [-0.4, -0.2) is 31.6 Å². The normalized spacial score (nSPS) is 11.2. The number of halogens is 1. The zero-order chi connectivity index (χ0) is 16.0. The third-order valence-electron chi connectivity index (χ3n) is 3.61. The monoisotopic (exact) mass is 325 g/mol. The Hall–Kier alpha value is -2.93. The second kappa shape index (κ2) is 5.06. The molecule has 0 bridgehead atoms. The van der Waals surface area contributed by atoms with E-state index in [1.807, 2.05) is 42.3 Å². The number of fused-ring (bicyclic) bond motifs is 3. The summed E-state index contributed by atoms with van der Waals surface area (Å²) in [6.07, 6.45) is 1.57. The van der Waals surface area contributed by atoms with Gasteiger partial charge in [-0.3, -0.25) is 0 Å². The third kappa shape index (κ3) is 2.22. The van der Waals surface area contributed by atoms with E-state index in [1.54, 1.807) is 16.8 Å². The van der Waals surface area contributed by atoms with Gasteiger partial charge in [0, 0.05) is 17.8 Å². The van der Waals surface area contributed by atoms with E-state index in [0.29, 0.717) is 28.1 Å². The van der Waals surface area contributed by atoms with Crippen molar-refractivity contribution in [2.45, 2.75) is 0 Å². The molecule has 0 aliphatic heterocycles. The fourth-order valence-corrected chi connectivity index (χ4v) is 2.68. The lowest BCUT2D eigenvalue weighted by Crippen LogP contribution is -2.13. The highest BCUT2D eigenvalue weighted by atomic mass is 35.5. The van der Waals surface area contributed by atoms with Crippen LogP contribution in [0.5, 0.6) is 0 Å². The molecule has 7 nitrogen and oxygen atoms in total. The minimum atomic E-state index is 0.426. The maximum absolute atomic E-state index is 6.09. The first-order valence-electron chi connectivity index (χ1n) is 6.89. The molecule has 0 radical (unpaired) electrons. The van der Waals surface area contributed by atoms with Gasteiger partial charge >= 0.3 is 0 Å². The summed E-state index contributed by atoms with van der Waals surface area (Å²) in [7, 11) is 1.91. The van der Waals surface area contributed by atoms with Gasteiger partial charge in [-0.2, -0.15) is 4.98 Å². The molecule has 3 aromatic heterocycles. The van der Waals surface area contributed by atoms with Crippen molar-refractivity contribution in [2.75, 3.05) is 17.7 Å². The molecule has 3 heterocycles. The van der Waals surface area contributed by atoms with Crippen molar-refractivity contribution in [1.29, 1.82) is 0 Å². The molecule has 4 aromatic rings. The van der Waals surface area contributed by atoms with Gasteiger partial charge in [0.05, 0.1) is 5.39 Å². The number of nitrogens with zero attached hydrogens (tertiary/aromatic N) is 6. The van der Waals surface area contributed by atoms with Crippen LogP contribution in [0.3, 0.4) is 0 Å². The van der Waals surface area contributed by atoms with Gasteiger partial charge in [-0.15, -0.1) is 10.2 Å². The molecule has 0 saturated heterocycles. The summed E-state index contributed by atoms with van der Waals surface area (Å²) in [6, 6.07) is 11.2. The topological polar surface area (TPSA) is 85.2 Å². The van der Waals surface area contributed by atoms with Gasteiger partial charge in [0.2, 0.25) is 0 Å². The van der Waals surface area contributed by atoms with Crippen LogP contribution in [0.2, 0.25) is 5.02 Å². The van der Waals surface area contributed by atoms with Gasteiger partial charge in [0.15, 0.2) is 5.65 Å². The van der Waals surface area contributed by atoms with Gasteiger partial charge in [0.25, 0.3) is 5.78 Å². The fraction of sp³-hybridized carbons (Fsp3) is 0.0667. The van der Waals surface area contributed by atoms with E-state index in [1.165, 1.54) is 0 Å². The Labute approximate surface area is 136 Å². The van der Waals surface area contributed by atoms with Crippen molar-refractivity contribution in [1.82, 2.24) is 24.6 Å². The van der Waals surface area contributed by atoms with Gasteiger partial charge in [0.1, 0.15) is 18.0 Å². The van der Waals surface area contributed by atoms with E-state index in [4.69, 9.17) is 17.3 Å². The van der Waals surface area contributed by atoms with Crippen LogP contribution in [0.25, 0.3) is 16.8 Å². The number of pyridine rings is 1. The molecule has 0 atom stereocenters. The Morgan fingerprint density at radius 1 is 1.17 bits per heavy atom. The first-order chi connectivity index (χ1) is 11.1. The van der Waals surface area contributed by atoms with Gasteiger partial charge < -0.3 is 10.6 Å². The number of aromatic nitrogens is 5. The van der Waals surface area contributed by atoms with Crippen molar-refractivity contribution in [3.05, 3.63) is 47.7 Å². The number of nitrogen functional groups attached to an aromatic ring is 1. The molecular formula is C15H12ClN7. The minimum absolute atomic E-state index is 0.426. The zero-order valence-electron chi connectivity index (χ0n) is 12.2. The first-order valence-corrected chi connectivity index (χ1v) is 7.26. The van der Waals surface area contributed by atoms with E-state index >= 15 is 0 Å². The molecule has 0 unspecified atom stereocenters. The molecule has 0 fully saturated rings.